The molecule has 0 bridgehead atoms. The molecule has 0 radical (unpaired) electrons. The quantitative estimate of drug-likeness (QED) is 0.563. The minimum atomic E-state index is -0.165. The molecule has 2 N–H and O–H groups in total. The summed E-state index contributed by atoms with van der Waals surface area (Å²) in [6, 6.07) is 24.6. The van der Waals surface area contributed by atoms with Gasteiger partial charge in [0.25, 0.3) is 0 Å². The predicted octanol–water partition coefficient (Wildman–Crippen LogP) is 4.88. The number of nitrogens with two attached hydrogens (primary N) is 1. The van der Waals surface area contributed by atoms with Crippen molar-refractivity contribution in [3.05, 3.63) is 84.1 Å². The van der Waals surface area contributed by atoms with Crippen LogP contribution < -0.4 is 5.73 Å². The summed E-state index contributed by atoms with van der Waals surface area (Å²) in [7, 11) is 0. The Hall–Kier alpha value is -3.42. The van der Waals surface area contributed by atoms with Crippen molar-refractivity contribution in [1.82, 2.24) is 9.38 Å². The first-order chi connectivity index (χ1) is 13.7. The molecule has 4 aromatic rings. The van der Waals surface area contributed by atoms with Gasteiger partial charge in [-0.15, -0.1) is 0 Å². The third-order valence-electron chi connectivity index (χ3n) is 5.77. The summed E-state index contributed by atoms with van der Waals surface area (Å²) < 4.78 is 2.01. The molecule has 2 aromatic carbocycles. The summed E-state index contributed by atoms with van der Waals surface area (Å²) >= 11 is 0. The lowest BCUT2D eigenvalue weighted by atomic mass is 9.72. The lowest BCUT2D eigenvalue weighted by Crippen LogP contribution is -2.43. The highest BCUT2D eigenvalue weighted by Crippen LogP contribution is 2.40. The lowest BCUT2D eigenvalue weighted by molar-refractivity contribution is 0.253. The summed E-state index contributed by atoms with van der Waals surface area (Å²) in [5.41, 5.74) is 13.0. The van der Waals surface area contributed by atoms with Crippen LogP contribution in [-0.2, 0) is 5.54 Å². The third kappa shape index (κ3) is 2.60. The van der Waals surface area contributed by atoms with E-state index in [0.29, 0.717) is 5.56 Å². The molecule has 0 unspecified atom stereocenters. The van der Waals surface area contributed by atoms with E-state index in [1.165, 1.54) is 12.0 Å². The maximum atomic E-state index is 9.32. The molecular weight excluding hydrogens is 344 g/mol. The summed E-state index contributed by atoms with van der Waals surface area (Å²) in [6.07, 6.45) is 5.15. The van der Waals surface area contributed by atoms with E-state index in [1.807, 2.05) is 34.9 Å². The van der Waals surface area contributed by atoms with E-state index in [9.17, 15) is 5.26 Å². The summed E-state index contributed by atoms with van der Waals surface area (Å²) in [5.74, 6) is 0. The van der Waals surface area contributed by atoms with E-state index in [1.54, 1.807) is 6.07 Å². The summed E-state index contributed by atoms with van der Waals surface area (Å²) in [4.78, 5) is 4.88. The van der Waals surface area contributed by atoms with Crippen molar-refractivity contribution in [2.75, 3.05) is 0 Å². The van der Waals surface area contributed by atoms with Gasteiger partial charge >= 0.3 is 0 Å². The van der Waals surface area contributed by atoms with E-state index in [-0.39, 0.29) is 5.54 Å². The van der Waals surface area contributed by atoms with Gasteiger partial charge in [0.05, 0.1) is 17.0 Å². The van der Waals surface area contributed by atoms with E-state index in [4.69, 9.17) is 10.7 Å². The van der Waals surface area contributed by atoms with Gasteiger partial charge in [-0.3, -0.25) is 4.40 Å². The van der Waals surface area contributed by atoms with Gasteiger partial charge in [-0.1, -0.05) is 54.6 Å². The standard InChI is InChI=1S/C24H20N4/c25-15-17-7-12-21-27-22(23(28(21)16-17)19-5-2-1-3-6-19)18-8-10-20(11-9-18)24(26)13-4-14-24/h1-3,5-12,16H,4,13-14,26H2. The molecule has 0 amide bonds. The topological polar surface area (TPSA) is 67.1 Å². The number of aromatic nitrogens is 2. The van der Waals surface area contributed by atoms with Crippen LogP contribution in [0.25, 0.3) is 28.2 Å². The Balaban J connectivity index is 1.70. The van der Waals surface area contributed by atoms with Crippen LogP contribution in [0.2, 0.25) is 0 Å². The zero-order valence-corrected chi connectivity index (χ0v) is 15.5. The molecule has 1 aliphatic rings. The van der Waals surface area contributed by atoms with Gasteiger partial charge in [0.15, 0.2) is 0 Å². The number of fused-ring (bicyclic) bond motifs is 1. The Morgan fingerprint density at radius 3 is 2.32 bits per heavy atom. The predicted molar refractivity (Wildman–Crippen MR) is 110 cm³/mol. The maximum Gasteiger partial charge on any atom is 0.138 e. The SMILES string of the molecule is N#Cc1ccc2nc(-c3ccc(C4(N)CCC4)cc3)c(-c3ccccc3)n2c1. The summed E-state index contributed by atoms with van der Waals surface area (Å²) in [5, 5.41) is 9.32. The molecule has 0 saturated heterocycles. The van der Waals surface area contributed by atoms with Gasteiger partial charge in [0, 0.05) is 22.9 Å². The number of imidazole rings is 1. The molecule has 4 nitrogen and oxygen atoms in total. The second-order valence-electron chi connectivity index (χ2n) is 7.52. The average molecular weight is 364 g/mol. The number of benzene rings is 2. The second kappa shape index (κ2) is 6.33. The molecule has 0 atom stereocenters. The second-order valence-corrected chi connectivity index (χ2v) is 7.52. The van der Waals surface area contributed by atoms with Gasteiger partial charge in [0.2, 0.25) is 0 Å². The Labute approximate surface area is 163 Å². The lowest BCUT2D eigenvalue weighted by Gasteiger charge is -2.38. The summed E-state index contributed by atoms with van der Waals surface area (Å²) in [6.45, 7) is 0. The van der Waals surface area contributed by atoms with Crippen molar-refractivity contribution in [3.63, 3.8) is 0 Å². The van der Waals surface area contributed by atoms with E-state index in [0.717, 1.165) is 41.0 Å². The zero-order chi connectivity index (χ0) is 19.1. The first-order valence-electron chi connectivity index (χ1n) is 9.55. The van der Waals surface area contributed by atoms with Crippen LogP contribution in [0.1, 0.15) is 30.4 Å². The van der Waals surface area contributed by atoms with E-state index in [2.05, 4.69) is 42.5 Å². The molecule has 0 aliphatic heterocycles. The zero-order valence-electron chi connectivity index (χ0n) is 15.5. The fourth-order valence-electron chi connectivity index (χ4n) is 3.99. The Morgan fingerprint density at radius 2 is 1.68 bits per heavy atom. The highest BCUT2D eigenvalue weighted by atomic mass is 15.0. The molecule has 5 rings (SSSR count). The Morgan fingerprint density at radius 1 is 0.929 bits per heavy atom. The molecule has 28 heavy (non-hydrogen) atoms. The van der Waals surface area contributed by atoms with E-state index < -0.39 is 0 Å². The Bertz CT molecular complexity index is 1190. The average Bonchev–Trinajstić information content (AvgIpc) is 3.11. The smallest absolute Gasteiger partial charge is 0.138 e. The number of hydrogen-bond acceptors (Lipinski definition) is 3. The molecule has 1 aliphatic carbocycles. The first-order valence-corrected chi connectivity index (χ1v) is 9.55. The van der Waals surface area contributed by atoms with Gasteiger partial charge in [-0.05, 0) is 37.0 Å². The van der Waals surface area contributed by atoms with Gasteiger partial charge in [0.1, 0.15) is 11.7 Å². The normalized spacial score (nSPS) is 15.1. The van der Waals surface area contributed by atoms with Gasteiger partial charge in [-0.2, -0.15) is 5.26 Å². The molecule has 4 heteroatoms. The maximum absolute atomic E-state index is 9.32. The van der Waals surface area contributed by atoms with Crippen LogP contribution in [0.15, 0.2) is 72.9 Å². The van der Waals surface area contributed by atoms with Crippen LogP contribution in [0, 0.1) is 11.3 Å². The third-order valence-corrected chi connectivity index (χ3v) is 5.77. The van der Waals surface area contributed by atoms with E-state index >= 15 is 0 Å². The van der Waals surface area contributed by atoms with Crippen molar-refractivity contribution in [3.8, 4) is 28.6 Å². The van der Waals surface area contributed by atoms with Crippen LogP contribution in [0.3, 0.4) is 0 Å². The Kier molecular flexibility index (Phi) is 3.78. The largest absolute Gasteiger partial charge is 0.321 e. The molecule has 2 heterocycles. The van der Waals surface area contributed by atoms with Crippen LogP contribution in [-0.4, -0.2) is 9.38 Å². The minimum Gasteiger partial charge on any atom is -0.321 e. The first kappa shape index (κ1) is 16.7. The number of pyridine rings is 1. The van der Waals surface area contributed by atoms with Crippen molar-refractivity contribution in [2.45, 2.75) is 24.8 Å². The fraction of sp³-hybridized carbons (Fsp3) is 0.167. The molecule has 1 fully saturated rings. The molecule has 136 valence electrons. The molecule has 0 spiro atoms. The van der Waals surface area contributed by atoms with Crippen molar-refractivity contribution >= 4 is 5.65 Å². The van der Waals surface area contributed by atoms with Crippen molar-refractivity contribution < 1.29 is 0 Å². The highest BCUT2D eigenvalue weighted by molar-refractivity contribution is 5.82. The van der Waals surface area contributed by atoms with Gasteiger partial charge < -0.3 is 5.73 Å². The molecule has 2 aromatic heterocycles. The monoisotopic (exact) mass is 364 g/mol. The number of rotatable bonds is 3. The van der Waals surface area contributed by atoms with Crippen molar-refractivity contribution in [1.29, 1.82) is 5.26 Å². The highest BCUT2D eigenvalue weighted by Gasteiger charge is 2.34. The van der Waals surface area contributed by atoms with Crippen LogP contribution in [0.5, 0.6) is 0 Å². The van der Waals surface area contributed by atoms with Crippen LogP contribution in [0.4, 0.5) is 0 Å². The number of nitriles is 1. The van der Waals surface area contributed by atoms with Crippen molar-refractivity contribution in [2.24, 2.45) is 5.73 Å². The number of nitrogens with zero attached hydrogens (tertiary/aromatic N) is 3. The number of hydrogen-bond donors (Lipinski definition) is 1. The fourth-order valence-corrected chi connectivity index (χ4v) is 3.99. The minimum absolute atomic E-state index is 0.165. The molecular formula is C24H20N4. The van der Waals surface area contributed by atoms with Crippen LogP contribution >= 0.6 is 0 Å². The van der Waals surface area contributed by atoms with Gasteiger partial charge in [-0.25, -0.2) is 4.98 Å². The molecule has 1 saturated carbocycles.